The van der Waals surface area contributed by atoms with Crippen LogP contribution in [-0.4, -0.2) is 74.4 Å². The van der Waals surface area contributed by atoms with Crippen LogP contribution < -0.4 is 9.47 Å². The number of benzene rings is 2. The van der Waals surface area contributed by atoms with Crippen molar-refractivity contribution in [2.75, 3.05) is 31.8 Å². The van der Waals surface area contributed by atoms with Gasteiger partial charge < -0.3 is 29.3 Å². The zero-order valence-electron chi connectivity index (χ0n) is 32.7. The van der Waals surface area contributed by atoms with Crippen molar-refractivity contribution in [3.8, 4) is 17.2 Å². The number of ether oxygens (including phenoxy) is 3. The summed E-state index contributed by atoms with van der Waals surface area (Å²) in [5.41, 5.74) is 3.59. The van der Waals surface area contributed by atoms with Crippen molar-refractivity contribution in [1.82, 2.24) is 9.97 Å². The third kappa shape index (κ3) is 9.97. The van der Waals surface area contributed by atoms with Crippen molar-refractivity contribution in [3.05, 3.63) is 96.6 Å². The zero-order chi connectivity index (χ0) is 38.8. The van der Waals surface area contributed by atoms with Crippen LogP contribution in [0.15, 0.2) is 95.4 Å². The Labute approximate surface area is 335 Å². The molecule has 0 spiro atoms. The zero-order valence-corrected chi connectivity index (χ0v) is 34.3. The maximum Gasteiger partial charge on any atom is 0.230 e. The lowest BCUT2D eigenvalue weighted by Gasteiger charge is -2.58. The van der Waals surface area contributed by atoms with Crippen LogP contribution in [-0.2, 0) is 16.0 Å². The number of fused-ring (bicyclic) bond motifs is 2. The Morgan fingerprint density at radius 2 is 1.78 bits per heavy atom. The maximum absolute atomic E-state index is 9.92. The summed E-state index contributed by atoms with van der Waals surface area (Å²) in [5, 5.41) is 24.5. The highest BCUT2D eigenvalue weighted by Gasteiger charge is 2.64. The van der Waals surface area contributed by atoms with E-state index in [1.807, 2.05) is 63.0 Å². The van der Waals surface area contributed by atoms with Crippen LogP contribution in [0.25, 0.3) is 0 Å². The van der Waals surface area contributed by atoms with Crippen molar-refractivity contribution < 1.29 is 29.3 Å². The molecule has 6 unspecified atom stereocenters. The summed E-state index contributed by atoms with van der Waals surface area (Å²) in [7, 11) is 0. The molecule has 6 rings (SSSR count). The van der Waals surface area contributed by atoms with E-state index in [2.05, 4.69) is 47.1 Å². The summed E-state index contributed by atoms with van der Waals surface area (Å²) in [6, 6.07) is 14.4. The maximum atomic E-state index is 9.92. The molecule has 2 heterocycles. The molecule has 1 aromatic heterocycles. The fourth-order valence-electron chi connectivity index (χ4n) is 8.28. The van der Waals surface area contributed by atoms with Crippen LogP contribution in [0.3, 0.4) is 0 Å². The van der Waals surface area contributed by atoms with E-state index in [-0.39, 0.29) is 42.1 Å². The minimum absolute atomic E-state index is 0.0166. The third-order valence-corrected chi connectivity index (χ3v) is 12.7. The Kier molecular flexibility index (Phi) is 14.4. The SMILES string of the molecule is C=CCOC12Oc3ccc(Oc4ccc(SC)cc4)cc3C3C(CCCCO)C(CCCCO)C=C(C(=NOC(C)(C)C)CC1SCCc1cnccn1)C32. The largest absolute Gasteiger partial charge is 0.460 e. The lowest BCUT2D eigenvalue weighted by atomic mass is 9.56. The molecule has 3 aliphatic rings. The highest BCUT2D eigenvalue weighted by atomic mass is 32.2. The second-order valence-electron chi connectivity index (χ2n) is 15.5. The summed E-state index contributed by atoms with van der Waals surface area (Å²) in [5.74, 6) is 2.24. The first-order valence-electron chi connectivity index (χ1n) is 19.6. The molecule has 296 valence electrons. The van der Waals surface area contributed by atoms with E-state index in [1.54, 1.807) is 30.2 Å². The van der Waals surface area contributed by atoms with Gasteiger partial charge in [0.1, 0.15) is 22.8 Å². The van der Waals surface area contributed by atoms with E-state index in [9.17, 15) is 10.2 Å². The monoisotopic (exact) mass is 787 g/mol. The standard InChI is InChI=1S/C44H57N3O6S2/c1-6-24-50-44-40(55-25-19-31-29-45-20-21-46-31)28-38(47-53-43(2,3)4)36-26-30(11-7-9-22-48)35(12-8-10-23-49)41(42(36)44)37-27-33(15-18-39(37)52-44)51-32-13-16-34(54-5)17-14-32/h6,13-18,20-21,26-27,29-30,35,40-42,48-49H,1,7-12,19,22-25,28H2,2-5H3. The van der Waals surface area contributed by atoms with Crippen LogP contribution in [0.1, 0.15) is 82.9 Å². The number of rotatable bonds is 19. The number of hydrogen-bond acceptors (Lipinski definition) is 11. The minimum Gasteiger partial charge on any atom is -0.460 e. The van der Waals surface area contributed by atoms with Crippen molar-refractivity contribution >= 4 is 29.2 Å². The van der Waals surface area contributed by atoms with Crippen LogP contribution in [0.2, 0.25) is 0 Å². The second kappa shape index (κ2) is 19.2. The van der Waals surface area contributed by atoms with Gasteiger partial charge in [-0.25, -0.2) is 0 Å². The highest BCUT2D eigenvalue weighted by Crippen LogP contribution is 2.62. The Morgan fingerprint density at radius 1 is 1.02 bits per heavy atom. The number of hydrogen-bond donors (Lipinski definition) is 2. The topological polar surface area (TPSA) is 116 Å². The van der Waals surface area contributed by atoms with E-state index >= 15 is 0 Å². The Hall–Kier alpha value is -3.35. The van der Waals surface area contributed by atoms with Crippen molar-refractivity contribution in [2.45, 2.75) is 99.6 Å². The number of allylic oxidation sites excluding steroid dienone is 1. The molecule has 2 aliphatic carbocycles. The first-order valence-corrected chi connectivity index (χ1v) is 21.9. The van der Waals surface area contributed by atoms with Crippen LogP contribution in [0, 0.1) is 17.8 Å². The van der Waals surface area contributed by atoms with Gasteiger partial charge >= 0.3 is 0 Å². The number of thioether (sulfide) groups is 2. The summed E-state index contributed by atoms with van der Waals surface area (Å²) < 4.78 is 20.9. The van der Waals surface area contributed by atoms with Gasteiger partial charge in [0.25, 0.3) is 0 Å². The van der Waals surface area contributed by atoms with Crippen molar-refractivity contribution in [1.29, 1.82) is 0 Å². The third-order valence-electron chi connectivity index (χ3n) is 10.6. The van der Waals surface area contributed by atoms with Crippen molar-refractivity contribution in [2.24, 2.45) is 22.9 Å². The average Bonchev–Trinajstić information content (AvgIpc) is 3.18. The molecule has 11 heteroatoms. The summed E-state index contributed by atoms with van der Waals surface area (Å²) in [4.78, 5) is 16.2. The molecule has 3 aromatic rings. The molecule has 0 amide bonds. The first-order chi connectivity index (χ1) is 26.7. The molecule has 0 radical (unpaired) electrons. The normalized spacial score (nSPS) is 25.0. The Morgan fingerprint density at radius 3 is 2.47 bits per heavy atom. The van der Waals surface area contributed by atoms with E-state index in [0.717, 1.165) is 90.5 Å². The molecule has 6 atom stereocenters. The van der Waals surface area contributed by atoms with Gasteiger partial charge in [-0.05, 0) is 118 Å². The molecular weight excluding hydrogens is 731 g/mol. The van der Waals surface area contributed by atoms with Gasteiger partial charge in [-0.2, -0.15) is 11.8 Å². The number of oxime groups is 1. The molecule has 9 nitrogen and oxygen atoms in total. The van der Waals surface area contributed by atoms with Gasteiger partial charge in [-0.3, -0.25) is 9.97 Å². The second-order valence-corrected chi connectivity index (χ2v) is 17.7. The average molecular weight is 788 g/mol. The quantitative estimate of drug-likeness (QED) is 0.0527. The minimum atomic E-state index is -1.03. The van der Waals surface area contributed by atoms with Gasteiger partial charge in [-0.15, -0.1) is 18.3 Å². The smallest absolute Gasteiger partial charge is 0.230 e. The number of aliphatic hydroxyl groups is 2. The fraction of sp³-hybridized carbons (Fsp3) is 0.523. The van der Waals surface area contributed by atoms with E-state index in [0.29, 0.717) is 13.0 Å². The molecule has 0 bridgehead atoms. The summed E-state index contributed by atoms with van der Waals surface area (Å²) >= 11 is 3.52. The summed E-state index contributed by atoms with van der Waals surface area (Å²) in [6.07, 6.45) is 18.0. The number of nitrogens with zero attached hydrogens (tertiary/aromatic N) is 3. The summed E-state index contributed by atoms with van der Waals surface area (Å²) in [6.45, 7) is 10.8. The molecule has 2 aromatic carbocycles. The van der Waals surface area contributed by atoms with E-state index in [4.69, 9.17) is 24.2 Å². The van der Waals surface area contributed by atoms with Crippen LogP contribution >= 0.6 is 23.5 Å². The van der Waals surface area contributed by atoms with E-state index in [1.165, 1.54) is 4.90 Å². The molecule has 1 aliphatic heterocycles. The molecule has 2 N–H and O–H groups in total. The number of unbranched alkanes of at least 4 members (excludes halogenated alkanes) is 2. The van der Waals surface area contributed by atoms with Gasteiger partial charge in [0, 0.05) is 61.0 Å². The molecule has 1 saturated carbocycles. The predicted molar refractivity (Wildman–Crippen MR) is 222 cm³/mol. The lowest BCUT2D eigenvalue weighted by Crippen LogP contribution is -2.64. The van der Waals surface area contributed by atoms with Gasteiger partial charge in [-0.1, -0.05) is 30.1 Å². The first kappa shape index (κ1) is 41.3. The molecule has 0 saturated heterocycles. The van der Waals surface area contributed by atoms with Crippen molar-refractivity contribution in [3.63, 3.8) is 0 Å². The highest BCUT2D eigenvalue weighted by molar-refractivity contribution is 8.00. The Bertz CT molecular complexity index is 1770. The molecule has 1 fully saturated rings. The van der Waals surface area contributed by atoms with Gasteiger partial charge in [0.15, 0.2) is 0 Å². The van der Waals surface area contributed by atoms with Gasteiger partial charge in [0.05, 0.1) is 29.2 Å². The molecule has 55 heavy (non-hydrogen) atoms. The number of aromatic nitrogens is 2. The van der Waals surface area contributed by atoms with E-state index < -0.39 is 11.4 Å². The molecular formula is C44H57N3O6S2. The van der Waals surface area contributed by atoms with Crippen LogP contribution in [0.5, 0.6) is 17.2 Å². The number of aliphatic hydroxyl groups excluding tert-OH is 2. The van der Waals surface area contributed by atoms with Crippen LogP contribution in [0.4, 0.5) is 0 Å². The van der Waals surface area contributed by atoms with Gasteiger partial charge in [0.2, 0.25) is 5.79 Å². The fourth-order valence-corrected chi connectivity index (χ4v) is 10.1. The lowest BCUT2D eigenvalue weighted by molar-refractivity contribution is -0.223. The predicted octanol–water partition coefficient (Wildman–Crippen LogP) is 9.40. The Balaban J connectivity index is 1.51. The number of aryl methyl sites for hydroxylation is 1.